The average molecular weight is 378 g/mol. The van der Waals surface area contributed by atoms with Gasteiger partial charge in [-0.05, 0) is 42.9 Å². The molecule has 2 aromatic rings. The van der Waals surface area contributed by atoms with Gasteiger partial charge in [0.25, 0.3) is 5.91 Å². The maximum atomic E-state index is 13.0. The largest absolute Gasteiger partial charge is 0.427 e. The van der Waals surface area contributed by atoms with Crippen LogP contribution in [0.1, 0.15) is 42.3 Å². The molecule has 0 aliphatic carbocycles. The van der Waals surface area contributed by atoms with E-state index < -0.39 is 0 Å². The lowest BCUT2D eigenvalue weighted by Crippen LogP contribution is -2.34. The molecular weight excluding hydrogens is 352 g/mol. The second kappa shape index (κ2) is 8.85. The molecule has 0 aromatic heterocycles. The summed E-state index contributed by atoms with van der Waals surface area (Å²) in [5, 5.41) is 0. The van der Waals surface area contributed by atoms with E-state index >= 15 is 0 Å². The monoisotopic (exact) mass is 378 g/mol. The van der Waals surface area contributed by atoms with E-state index in [1.807, 2.05) is 47.4 Å². The standard InChI is InChI=1S/C23H26N2O3/c1-4-24(5-2)14-15-25-22(20-8-6-7-9-21(20)23(25)27)16-18-10-12-19(13-11-18)28-17(3)26/h6-13,16H,4-5,14-15H2,1-3H3. The lowest BCUT2D eigenvalue weighted by atomic mass is 10.1. The minimum Gasteiger partial charge on any atom is -0.427 e. The maximum absolute atomic E-state index is 13.0. The summed E-state index contributed by atoms with van der Waals surface area (Å²) in [4.78, 5) is 28.2. The van der Waals surface area contributed by atoms with Crippen molar-refractivity contribution in [2.24, 2.45) is 0 Å². The minimum absolute atomic E-state index is 0.0468. The number of carbonyl (C=O) groups excluding carboxylic acids is 2. The quantitative estimate of drug-likeness (QED) is 0.541. The van der Waals surface area contributed by atoms with Gasteiger partial charge in [-0.3, -0.25) is 9.59 Å². The molecule has 3 rings (SSSR count). The van der Waals surface area contributed by atoms with Gasteiger partial charge in [0.1, 0.15) is 5.75 Å². The molecular formula is C23H26N2O3. The van der Waals surface area contributed by atoms with Gasteiger partial charge in [-0.2, -0.15) is 0 Å². The van der Waals surface area contributed by atoms with Crippen LogP contribution < -0.4 is 4.74 Å². The molecule has 0 saturated carbocycles. The molecule has 1 aliphatic heterocycles. The second-order valence-electron chi connectivity index (χ2n) is 6.72. The van der Waals surface area contributed by atoms with E-state index in [9.17, 15) is 9.59 Å². The first-order valence-electron chi connectivity index (χ1n) is 9.67. The van der Waals surface area contributed by atoms with Gasteiger partial charge in [0.15, 0.2) is 0 Å². The van der Waals surface area contributed by atoms with Crippen molar-refractivity contribution >= 4 is 23.6 Å². The molecule has 1 amide bonds. The van der Waals surface area contributed by atoms with Gasteiger partial charge >= 0.3 is 5.97 Å². The summed E-state index contributed by atoms with van der Waals surface area (Å²) in [5.41, 5.74) is 3.55. The Labute approximate surface area is 166 Å². The lowest BCUT2D eigenvalue weighted by Gasteiger charge is -2.24. The van der Waals surface area contributed by atoms with Crippen molar-refractivity contribution in [3.05, 3.63) is 65.2 Å². The van der Waals surface area contributed by atoms with Gasteiger partial charge in [-0.15, -0.1) is 0 Å². The summed E-state index contributed by atoms with van der Waals surface area (Å²) in [5.74, 6) is 0.213. The molecule has 0 unspecified atom stereocenters. The summed E-state index contributed by atoms with van der Waals surface area (Å²) in [6.45, 7) is 9.04. The summed E-state index contributed by atoms with van der Waals surface area (Å²) < 4.78 is 5.09. The van der Waals surface area contributed by atoms with Crippen molar-refractivity contribution in [2.75, 3.05) is 26.2 Å². The molecule has 0 atom stereocenters. The molecule has 0 bridgehead atoms. The Kier molecular flexibility index (Phi) is 6.26. The van der Waals surface area contributed by atoms with Crippen molar-refractivity contribution in [2.45, 2.75) is 20.8 Å². The molecule has 5 heteroatoms. The van der Waals surface area contributed by atoms with Crippen molar-refractivity contribution in [3.63, 3.8) is 0 Å². The molecule has 146 valence electrons. The van der Waals surface area contributed by atoms with Crippen molar-refractivity contribution < 1.29 is 14.3 Å². The van der Waals surface area contributed by atoms with Crippen LogP contribution in [-0.4, -0.2) is 47.9 Å². The van der Waals surface area contributed by atoms with E-state index in [-0.39, 0.29) is 11.9 Å². The van der Waals surface area contributed by atoms with E-state index in [0.717, 1.165) is 42.0 Å². The lowest BCUT2D eigenvalue weighted by molar-refractivity contribution is -0.131. The van der Waals surface area contributed by atoms with Crippen LogP contribution in [0.3, 0.4) is 0 Å². The Bertz CT molecular complexity index is 883. The minimum atomic E-state index is -0.344. The van der Waals surface area contributed by atoms with Gasteiger partial charge in [0, 0.05) is 31.1 Å². The molecule has 1 aliphatic rings. The number of amides is 1. The van der Waals surface area contributed by atoms with E-state index in [4.69, 9.17) is 4.74 Å². The Morgan fingerprint density at radius 3 is 2.29 bits per heavy atom. The van der Waals surface area contributed by atoms with Crippen LogP contribution in [-0.2, 0) is 4.79 Å². The second-order valence-corrected chi connectivity index (χ2v) is 6.72. The molecule has 5 nitrogen and oxygen atoms in total. The summed E-state index contributed by atoms with van der Waals surface area (Å²) >= 11 is 0. The number of ether oxygens (including phenoxy) is 1. The van der Waals surface area contributed by atoms with Crippen LogP contribution in [0.15, 0.2) is 48.5 Å². The third kappa shape index (κ3) is 4.31. The van der Waals surface area contributed by atoms with Crippen molar-refractivity contribution in [1.29, 1.82) is 0 Å². The summed E-state index contributed by atoms with van der Waals surface area (Å²) in [6.07, 6.45) is 2.02. The Balaban J connectivity index is 1.90. The number of carbonyl (C=O) groups is 2. The smallest absolute Gasteiger partial charge is 0.308 e. The van der Waals surface area contributed by atoms with E-state index in [2.05, 4.69) is 18.7 Å². The molecule has 28 heavy (non-hydrogen) atoms. The molecule has 0 fully saturated rings. The zero-order chi connectivity index (χ0) is 20.1. The van der Waals surface area contributed by atoms with Gasteiger partial charge in [-0.1, -0.05) is 44.2 Å². The number of fused-ring (bicyclic) bond motifs is 1. The third-order valence-corrected chi connectivity index (χ3v) is 4.95. The van der Waals surface area contributed by atoms with Gasteiger partial charge in [0.2, 0.25) is 0 Å². The normalized spacial score (nSPS) is 14.6. The predicted molar refractivity (Wildman–Crippen MR) is 111 cm³/mol. The molecule has 1 heterocycles. The SMILES string of the molecule is CCN(CC)CCN1C(=O)c2ccccc2C1=Cc1ccc(OC(C)=O)cc1. The molecule has 2 aromatic carbocycles. The molecule has 0 radical (unpaired) electrons. The van der Waals surface area contributed by atoms with E-state index in [1.165, 1.54) is 6.92 Å². The maximum Gasteiger partial charge on any atom is 0.308 e. The number of benzene rings is 2. The van der Waals surface area contributed by atoms with Gasteiger partial charge < -0.3 is 14.5 Å². The van der Waals surface area contributed by atoms with Crippen LogP contribution >= 0.6 is 0 Å². The number of esters is 1. The summed E-state index contributed by atoms with van der Waals surface area (Å²) in [6, 6.07) is 15.0. The van der Waals surface area contributed by atoms with Crippen LogP contribution in [0.4, 0.5) is 0 Å². The fourth-order valence-corrected chi connectivity index (χ4v) is 3.41. The highest BCUT2D eigenvalue weighted by Gasteiger charge is 2.31. The van der Waals surface area contributed by atoms with E-state index in [1.54, 1.807) is 12.1 Å². The van der Waals surface area contributed by atoms with Gasteiger partial charge in [0.05, 0.1) is 5.70 Å². The van der Waals surface area contributed by atoms with E-state index in [0.29, 0.717) is 12.3 Å². The Hall–Kier alpha value is -2.92. The van der Waals surface area contributed by atoms with Crippen LogP contribution in [0.5, 0.6) is 5.75 Å². The summed E-state index contributed by atoms with van der Waals surface area (Å²) in [7, 11) is 0. The fraction of sp³-hybridized carbons (Fsp3) is 0.304. The highest BCUT2D eigenvalue weighted by molar-refractivity contribution is 6.11. The first-order valence-corrected chi connectivity index (χ1v) is 9.67. The number of nitrogens with zero attached hydrogens (tertiary/aromatic N) is 2. The van der Waals surface area contributed by atoms with Crippen LogP contribution in [0.25, 0.3) is 11.8 Å². The average Bonchev–Trinajstić information content (AvgIpc) is 2.96. The van der Waals surface area contributed by atoms with Gasteiger partial charge in [-0.25, -0.2) is 0 Å². The topological polar surface area (TPSA) is 49.9 Å². The number of rotatable bonds is 7. The predicted octanol–water partition coefficient (Wildman–Crippen LogP) is 3.91. The van der Waals surface area contributed by atoms with Crippen LogP contribution in [0.2, 0.25) is 0 Å². The Morgan fingerprint density at radius 2 is 1.68 bits per heavy atom. The molecule has 0 saturated heterocycles. The third-order valence-electron chi connectivity index (χ3n) is 4.95. The van der Waals surface area contributed by atoms with Crippen molar-refractivity contribution in [3.8, 4) is 5.75 Å². The number of hydrogen-bond acceptors (Lipinski definition) is 4. The number of likely N-dealkylation sites (N-methyl/N-ethyl adjacent to an activating group) is 1. The zero-order valence-electron chi connectivity index (χ0n) is 16.6. The first kappa shape index (κ1) is 19.8. The number of hydrogen-bond donors (Lipinski definition) is 0. The molecule has 0 spiro atoms. The fourth-order valence-electron chi connectivity index (χ4n) is 3.41. The Morgan fingerprint density at radius 1 is 1.04 bits per heavy atom. The highest BCUT2D eigenvalue weighted by atomic mass is 16.5. The zero-order valence-corrected chi connectivity index (χ0v) is 16.6. The molecule has 0 N–H and O–H groups in total. The first-order chi connectivity index (χ1) is 13.5. The highest BCUT2D eigenvalue weighted by Crippen LogP contribution is 2.34. The van der Waals surface area contributed by atoms with Crippen LogP contribution in [0, 0.1) is 0 Å². The van der Waals surface area contributed by atoms with Crippen molar-refractivity contribution in [1.82, 2.24) is 9.80 Å².